The first kappa shape index (κ1) is 14.8. The molecule has 0 fully saturated rings. The maximum absolute atomic E-state index is 10.7. The fraction of sp³-hybridized carbons (Fsp3) is 0.300. The van der Waals surface area contributed by atoms with Gasteiger partial charge in [0.05, 0.1) is 5.97 Å². The van der Waals surface area contributed by atoms with Crippen molar-refractivity contribution in [3.63, 3.8) is 0 Å². The molecule has 0 saturated heterocycles. The molecule has 0 radical (unpaired) electrons. The SMILES string of the molecule is Cc1c(Br)cc(C(=O)[O-])c(C)c1C.[K+]. The number of hydrogen-bond donors (Lipinski definition) is 0. The number of carboxylic acid groups (broad SMARTS) is 1. The molecule has 0 bridgehead atoms. The van der Waals surface area contributed by atoms with E-state index in [0.717, 1.165) is 21.2 Å². The van der Waals surface area contributed by atoms with Gasteiger partial charge < -0.3 is 9.90 Å². The Morgan fingerprint density at radius 2 is 1.71 bits per heavy atom. The van der Waals surface area contributed by atoms with Gasteiger partial charge in [0.25, 0.3) is 0 Å². The quantitative estimate of drug-likeness (QED) is 0.603. The van der Waals surface area contributed by atoms with Crippen LogP contribution in [0.25, 0.3) is 0 Å². The van der Waals surface area contributed by atoms with E-state index in [1.165, 1.54) is 0 Å². The molecule has 1 aromatic rings. The van der Waals surface area contributed by atoms with Crippen LogP contribution in [-0.2, 0) is 0 Å². The summed E-state index contributed by atoms with van der Waals surface area (Å²) in [4.78, 5) is 10.7. The van der Waals surface area contributed by atoms with Crippen LogP contribution >= 0.6 is 15.9 Å². The molecule has 0 amide bonds. The Bertz CT molecular complexity index is 375. The Balaban J connectivity index is 0.00000169. The van der Waals surface area contributed by atoms with Gasteiger partial charge in [0.2, 0.25) is 0 Å². The fourth-order valence-electron chi connectivity index (χ4n) is 1.22. The van der Waals surface area contributed by atoms with Crippen molar-refractivity contribution >= 4 is 21.9 Å². The van der Waals surface area contributed by atoms with Crippen LogP contribution in [0, 0.1) is 20.8 Å². The number of benzene rings is 1. The van der Waals surface area contributed by atoms with Crippen molar-refractivity contribution < 1.29 is 61.3 Å². The minimum absolute atomic E-state index is 0. The van der Waals surface area contributed by atoms with Crippen LogP contribution in [0.5, 0.6) is 0 Å². The van der Waals surface area contributed by atoms with Crippen LogP contribution in [0.2, 0.25) is 0 Å². The minimum atomic E-state index is -1.12. The number of aromatic carboxylic acids is 1. The van der Waals surface area contributed by atoms with Crippen molar-refractivity contribution in [3.05, 3.63) is 32.8 Å². The summed E-state index contributed by atoms with van der Waals surface area (Å²) in [6, 6.07) is 1.59. The van der Waals surface area contributed by atoms with Crippen molar-refractivity contribution in [2.45, 2.75) is 20.8 Å². The summed E-state index contributed by atoms with van der Waals surface area (Å²) >= 11 is 3.31. The normalized spacial score (nSPS) is 9.43. The zero-order valence-corrected chi connectivity index (χ0v) is 13.5. The molecular weight excluding hydrogens is 271 g/mol. The molecule has 70 valence electrons. The molecule has 14 heavy (non-hydrogen) atoms. The zero-order chi connectivity index (χ0) is 10.2. The molecule has 0 N–H and O–H groups in total. The molecule has 2 nitrogen and oxygen atoms in total. The van der Waals surface area contributed by atoms with Gasteiger partial charge in [-0.3, -0.25) is 0 Å². The Kier molecular flexibility index (Phi) is 6.10. The van der Waals surface area contributed by atoms with E-state index in [-0.39, 0.29) is 56.9 Å². The number of carboxylic acids is 1. The van der Waals surface area contributed by atoms with Crippen LogP contribution < -0.4 is 56.5 Å². The Morgan fingerprint density at radius 3 is 2.14 bits per heavy atom. The molecule has 4 heteroatoms. The van der Waals surface area contributed by atoms with Gasteiger partial charge in [-0.1, -0.05) is 15.9 Å². The van der Waals surface area contributed by atoms with E-state index in [9.17, 15) is 9.90 Å². The van der Waals surface area contributed by atoms with E-state index >= 15 is 0 Å². The van der Waals surface area contributed by atoms with Gasteiger partial charge in [-0.25, -0.2) is 0 Å². The molecule has 1 aromatic carbocycles. The predicted molar refractivity (Wildman–Crippen MR) is 52.7 cm³/mol. The smallest absolute Gasteiger partial charge is 0.545 e. The Hall–Kier alpha value is 0.806. The van der Waals surface area contributed by atoms with Gasteiger partial charge in [0.1, 0.15) is 0 Å². The summed E-state index contributed by atoms with van der Waals surface area (Å²) in [5.74, 6) is -1.12. The van der Waals surface area contributed by atoms with E-state index in [4.69, 9.17) is 0 Å². The van der Waals surface area contributed by atoms with Crippen LogP contribution in [0.3, 0.4) is 0 Å². The first-order valence-electron chi connectivity index (χ1n) is 3.92. The number of carbonyl (C=O) groups is 1. The Morgan fingerprint density at radius 1 is 1.21 bits per heavy atom. The van der Waals surface area contributed by atoms with Crippen molar-refractivity contribution in [3.8, 4) is 0 Å². The third-order valence-corrected chi connectivity index (χ3v) is 3.20. The summed E-state index contributed by atoms with van der Waals surface area (Å²) in [7, 11) is 0. The monoisotopic (exact) mass is 280 g/mol. The van der Waals surface area contributed by atoms with Crippen molar-refractivity contribution in [1.82, 2.24) is 0 Å². The van der Waals surface area contributed by atoms with Gasteiger partial charge in [0, 0.05) is 10.0 Å². The average Bonchev–Trinajstić information content (AvgIpc) is 2.07. The summed E-state index contributed by atoms with van der Waals surface area (Å²) < 4.78 is 0.815. The third-order valence-electron chi connectivity index (χ3n) is 2.38. The van der Waals surface area contributed by atoms with Gasteiger partial charge >= 0.3 is 51.4 Å². The minimum Gasteiger partial charge on any atom is -0.545 e. The van der Waals surface area contributed by atoms with Crippen LogP contribution in [0.1, 0.15) is 27.0 Å². The molecule has 0 aliphatic carbocycles. The van der Waals surface area contributed by atoms with E-state index in [2.05, 4.69) is 15.9 Å². The van der Waals surface area contributed by atoms with Crippen molar-refractivity contribution in [2.75, 3.05) is 0 Å². The largest absolute Gasteiger partial charge is 1.00 e. The summed E-state index contributed by atoms with van der Waals surface area (Å²) in [6.07, 6.45) is 0. The van der Waals surface area contributed by atoms with Gasteiger partial charge in [-0.05, 0) is 43.5 Å². The van der Waals surface area contributed by atoms with Crippen LogP contribution in [-0.4, -0.2) is 5.97 Å². The molecule has 0 unspecified atom stereocenters. The average molecular weight is 281 g/mol. The topological polar surface area (TPSA) is 40.1 Å². The van der Waals surface area contributed by atoms with E-state index in [1.54, 1.807) is 13.0 Å². The first-order chi connectivity index (χ1) is 5.95. The summed E-state index contributed by atoms with van der Waals surface area (Å²) in [5, 5.41) is 10.7. The second-order valence-electron chi connectivity index (χ2n) is 3.07. The first-order valence-corrected chi connectivity index (χ1v) is 4.72. The van der Waals surface area contributed by atoms with Crippen LogP contribution in [0.15, 0.2) is 10.5 Å². The third kappa shape index (κ3) is 2.90. The predicted octanol–water partition coefficient (Wildman–Crippen LogP) is -1.26. The molecule has 0 atom stereocenters. The van der Waals surface area contributed by atoms with E-state index in [1.807, 2.05) is 13.8 Å². The molecule has 0 aliphatic rings. The molecule has 0 heterocycles. The molecule has 0 saturated carbocycles. The number of hydrogen-bond acceptors (Lipinski definition) is 2. The Labute approximate surface area is 135 Å². The van der Waals surface area contributed by atoms with Crippen LogP contribution in [0.4, 0.5) is 0 Å². The number of halogens is 1. The maximum atomic E-state index is 10.7. The summed E-state index contributed by atoms with van der Waals surface area (Å²) in [5.41, 5.74) is 3.10. The molecular formula is C10H10BrKO2. The second-order valence-corrected chi connectivity index (χ2v) is 3.92. The number of rotatable bonds is 1. The van der Waals surface area contributed by atoms with Gasteiger partial charge in [-0.15, -0.1) is 0 Å². The van der Waals surface area contributed by atoms with E-state index < -0.39 is 5.97 Å². The molecule has 0 aromatic heterocycles. The number of carbonyl (C=O) groups excluding carboxylic acids is 1. The van der Waals surface area contributed by atoms with Crippen molar-refractivity contribution in [1.29, 1.82) is 0 Å². The molecule has 0 spiro atoms. The fourth-order valence-corrected chi connectivity index (χ4v) is 1.74. The van der Waals surface area contributed by atoms with E-state index in [0.29, 0.717) is 0 Å². The maximum Gasteiger partial charge on any atom is 1.00 e. The van der Waals surface area contributed by atoms with Gasteiger partial charge in [-0.2, -0.15) is 0 Å². The molecule has 1 rings (SSSR count). The summed E-state index contributed by atoms with van der Waals surface area (Å²) in [6.45, 7) is 5.65. The standard InChI is InChI=1S/C10H11BrO2.K/c1-5-6(2)8(10(12)13)4-9(11)7(5)3;/h4H,1-3H3,(H,12,13);/q;+1/p-1. The second kappa shape index (κ2) is 5.77. The molecule has 0 aliphatic heterocycles. The zero-order valence-electron chi connectivity index (χ0n) is 8.77. The van der Waals surface area contributed by atoms with Gasteiger partial charge in [0.15, 0.2) is 0 Å². The van der Waals surface area contributed by atoms with Crippen molar-refractivity contribution in [2.24, 2.45) is 0 Å².